The summed E-state index contributed by atoms with van der Waals surface area (Å²) in [4.78, 5) is 4.39. The minimum atomic E-state index is -0.155. The van der Waals surface area contributed by atoms with Crippen LogP contribution in [0.1, 0.15) is 44.2 Å². The van der Waals surface area contributed by atoms with Crippen molar-refractivity contribution in [3.05, 3.63) is 30.1 Å². The van der Waals surface area contributed by atoms with Crippen molar-refractivity contribution in [1.82, 2.24) is 4.98 Å². The minimum absolute atomic E-state index is 0.155. The topological polar surface area (TPSA) is 38.9 Å². The summed E-state index contributed by atoms with van der Waals surface area (Å²) in [6.45, 7) is 0. The van der Waals surface area contributed by atoms with Gasteiger partial charge in [0.1, 0.15) is 0 Å². The molecular formula is C12H18N2. The molecule has 0 atom stereocenters. The molecule has 2 N–H and O–H groups in total. The highest BCUT2D eigenvalue weighted by Gasteiger charge is 2.28. The standard InChI is InChI=1S/C12H18N2/c13-12(8-4-1-2-5-9-12)11-7-3-6-10-14-11/h3,6-7,10H,1-2,4-5,8-9,13H2. The number of nitrogens with zero attached hydrogens (tertiary/aromatic N) is 1. The number of nitrogens with two attached hydrogens (primary N) is 1. The Kier molecular flexibility index (Phi) is 2.82. The second-order valence-corrected chi connectivity index (χ2v) is 4.29. The van der Waals surface area contributed by atoms with Crippen LogP contribution >= 0.6 is 0 Å². The Morgan fingerprint density at radius 3 is 2.36 bits per heavy atom. The van der Waals surface area contributed by atoms with Crippen molar-refractivity contribution < 1.29 is 0 Å². The summed E-state index contributed by atoms with van der Waals surface area (Å²) in [6, 6.07) is 6.04. The molecule has 1 aliphatic carbocycles. The maximum atomic E-state index is 6.42. The second kappa shape index (κ2) is 4.09. The third kappa shape index (κ3) is 1.95. The van der Waals surface area contributed by atoms with Crippen molar-refractivity contribution in [1.29, 1.82) is 0 Å². The van der Waals surface area contributed by atoms with Gasteiger partial charge in [-0.05, 0) is 25.0 Å². The molecule has 0 bridgehead atoms. The van der Waals surface area contributed by atoms with Crippen LogP contribution < -0.4 is 5.73 Å². The van der Waals surface area contributed by atoms with Crippen LogP contribution in [0.2, 0.25) is 0 Å². The number of hydrogen-bond acceptors (Lipinski definition) is 2. The third-order valence-corrected chi connectivity index (χ3v) is 3.17. The Bertz CT molecular complexity index is 274. The van der Waals surface area contributed by atoms with E-state index in [4.69, 9.17) is 5.73 Å². The van der Waals surface area contributed by atoms with E-state index in [1.54, 1.807) is 0 Å². The molecule has 0 aromatic carbocycles. The number of aromatic nitrogens is 1. The molecule has 0 unspecified atom stereocenters. The van der Waals surface area contributed by atoms with E-state index in [0.717, 1.165) is 18.5 Å². The zero-order valence-electron chi connectivity index (χ0n) is 8.58. The fourth-order valence-electron chi connectivity index (χ4n) is 2.27. The molecule has 1 heterocycles. The molecule has 2 nitrogen and oxygen atoms in total. The lowest BCUT2D eigenvalue weighted by molar-refractivity contribution is 0.374. The van der Waals surface area contributed by atoms with E-state index in [2.05, 4.69) is 11.1 Å². The van der Waals surface area contributed by atoms with Crippen LogP contribution in [-0.4, -0.2) is 4.98 Å². The van der Waals surface area contributed by atoms with E-state index in [1.165, 1.54) is 25.7 Å². The highest BCUT2D eigenvalue weighted by Crippen LogP contribution is 2.32. The van der Waals surface area contributed by atoms with E-state index in [-0.39, 0.29) is 5.54 Å². The maximum absolute atomic E-state index is 6.42. The molecule has 1 aliphatic rings. The van der Waals surface area contributed by atoms with Crippen molar-refractivity contribution in [2.45, 2.75) is 44.1 Å². The predicted octanol–water partition coefficient (Wildman–Crippen LogP) is 2.59. The van der Waals surface area contributed by atoms with E-state index < -0.39 is 0 Å². The highest BCUT2D eigenvalue weighted by atomic mass is 14.8. The van der Waals surface area contributed by atoms with Gasteiger partial charge in [0.2, 0.25) is 0 Å². The van der Waals surface area contributed by atoms with Crippen molar-refractivity contribution >= 4 is 0 Å². The Labute approximate surface area is 85.5 Å². The summed E-state index contributed by atoms with van der Waals surface area (Å²) in [5.74, 6) is 0. The van der Waals surface area contributed by atoms with Crippen LogP contribution in [0.3, 0.4) is 0 Å². The largest absolute Gasteiger partial charge is 0.320 e. The van der Waals surface area contributed by atoms with Gasteiger partial charge in [-0.3, -0.25) is 4.98 Å². The lowest BCUT2D eigenvalue weighted by Crippen LogP contribution is -2.36. The summed E-state index contributed by atoms with van der Waals surface area (Å²) >= 11 is 0. The van der Waals surface area contributed by atoms with Gasteiger partial charge < -0.3 is 5.73 Å². The third-order valence-electron chi connectivity index (χ3n) is 3.17. The van der Waals surface area contributed by atoms with Crippen molar-refractivity contribution in [3.8, 4) is 0 Å². The average Bonchev–Trinajstić information content (AvgIpc) is 2.46. The zero-order valence-corrected chi connectivity index (χ0v) is 8.58. The Morgan fingerprint density at radius 2 is 1.79 bits per heavy atom. The Hall–Kier alpha value is -0.890. The first kappa shape index (κ1) is 9.66. The van der Waals surface area contributed by atoms with E-state index in [0.29, 0.717) is 0 Å². The van der Waals surface area contributed by atoms with Gasteiger partial charge in [-0.2, -0.15) is 0 Å². The van der Waals surface area contributed by atoms with E-state index in [1.807, 2.05) is 18.3 Å². The van der Waals surface area contributed by atoms with Gasteiger partial charge in [0.25, 0.3) is 0 Å². The molecular weight excluding hydrogens is 172 g/mol. The Balaban J connectivity index is 2.21. The van der Waals surface area contributed by atoms with Gasteiger partial charge in [0.15, 0.2) is 0 Å². The molecule has 0 saturated heterocycles. The van der Waals surface area contributed by atoms with Crippen molar-refractivity contribution in [2.75, 3.05) is 0 Å². The van der Waals surface area contributed by atoms with Gasteiger partial charge in [-0.1, -0.05) is 31.7 Å². The first-order valence-electron chi connectivity index (χ1n) is 5.52. The smallest absolute Gasteiger partial charge is 0.0602 e. The van der Waals surface area contributed by atoms with Crippen molar-refractivity contribution in [3.63, 3.8) is 0 Å². The molecule has 14 heavy (non-hydrogen) atoms. The SMILES string of the molecule is NC1(c2ccccn2)CCCCCC1. The van der Waals surface area contributed by atoms with E-state index in [9.17, 15) is 0 Å². The molecule has 0 radical (unpaired) electrons. The van der Waals surface area contributed by atoms with Crippen LogP contribution in [0.15, 0.2) is 24.4 Å². The molecule has 0 amide bonds. The molecule has 1 aromatic rings. The second-order valence-electron chi connectivity index (χ2n) is 4.29. The molecule has 2 heteroatoms. The van der Waals surface area contributed by atoms with Gasteiger partial charge in [-0.25, -0.2) is 0 Å². The number of pyridine rings is 1. The highest BCUT2D eigenvalue weighted by molar-refractivity contribution is 5.15. The molecule has 2 rings (SSSR count). The van der Waals surface area contributed by atoms with Gasteiger partial charge >= 0.3 is 0 Å². The van der Waals surface area contributed by atoms with Crippen LogP contribution in [0, 0.1) is 0 Å². The summed E-state index contributed by atoms with van der Waals surface area (Å²) < 4.78 is 0. The summed E-state index contributed by atoms with van der Waals surface area (Å²) in [6.07, 6.45) is 9.15. The molecule has 0 spiro atoms. The summed E-state index contributed by atoms with van der Waals surface area (Å²) in [7, 11) is 0. The first-order valence-corrected chi connectivity index (χ1v) is 5.52. The average molecular weight is 190 g/mol. The van der Waals surface area contributed by atoms with Crippen LogP contribution in [0.25, 0.3) is 0 Å². The molecule has 76 valence electrons. The van der Waals surface area contributed by atoms with Crippen LogP contribution in [0.4, 0.5) is 0 Å². The Morgan fingerprint density at radius 1 is 1.07 bits per heavy atom. The monoisotopic (exact) mass is 190 g/mol. The maximum Gasteiger partial charge on any atom is 0.0602 e. The quantitative estimate of drug-likeness (QED) is 0.691. The summed E-state index contributed by atoms with van der Waals surface area (Å²) in [5.41, 5.74) is 7.33. The number of hydrogen-bond donors (Lipinski definition) is 1. The molecule has 1 saturated carbocycles. The fourth-order valence-corrected chi connectivity index (χ4v) is 2.27. The van der Waals surface area contributed by atoms with Crippen molar-refractivity contribution in [2.24, 2.45) is 5.73 Å². The molecule has 1 fully saturated rings. The van der Waals surface area contributed by atoms with Gasteiger partial charge in [-0.15, -0.1) is 0 Å². The van der Waals surface area contributed by atoms with E-state index >= 15 is 0 Å². The zero-order chi connectivity index (χ0) is 9.86. The van der Waals surface area contributed by atoms with Gasteiger partial charge in [0, 0.05) is 6.20 Å². The fraction of sp³-hybridized carbons (Fsp3) is 0.583. The lowest BCUT2D eigenvalue weighted by atomic mass is 9.87. The molecule has 1 aromatic heterocycles. The van der Waals surface area contributed by atoms with Crippen LogP contribution in [0.5, 0.6) is 0 Å². The van der Waals surface area contributed by atoms with Crippen LogP contribution in [-0.2, 0) is 5.54 Å². The molecule has 0 aliphatic heterocycles. The minimum Gasteiger partial charge on any atom is -0.320 e. The normalized spacial score (nSPS) is 21.5. The lowest BCUT2D eigenvalue weighted by Gasteiger charge is -2.27. The summed E-state index contributed by atoms with van der Waals surface area (Å²) in [5, 5.41) is 0. The first-order chi connectivity index (χ1) is 6.81. The predicted molar refractivity (Wildman–Crippen MR) is 57.8 cm³/mol. The van der Waals surface area contributed by atoms with Gasteiger partial charge in [0.05, 0.1) is 11.2 Å². The number of rotatable bonds is 1.